The van der Waals surface area contributed by atoms with Gasteiger partial charge in [0.05, 0.1) is 6.10 Å². The van der Waals surface area contributed by atoms with Crippen molar-refractivity contribution >= 4 is 5.91 Å². The van der Waals surface area contributed by atoms with Crippen molar-refractivity contribution in [1.82, 2.24) is 15.1 Å². The summed E-state index contributed by atoms with van der Waals surface area (Å²) in [6, 6.07) is 0. The van der Waals surface area contributed by atoms with E-state index in [-0.39, 0.29) is 0 Å². The summed E-state index contributed by atoms with van der Waals surface area (Å²) in [6.45, 7) is 6.63. The van der Waals surface area contributed by atoms with Crippen LogP contribution in [0.1, 0.15) is 19.3 Å². The van der Waals surface area contributed by atoms with Crippen molar-refractivity contribution < 1.29 is 9.53 Å². The van der Waals surface area contributed by atoms with Crippen LogP contribution in [0.5, 0.6) is 0 Å². The van der Waals surface area contributed by atoms with Gasteiger partial charge in [-0.2, -0.15) is 0 Å². The Morgan fingerprint density at radius 1 is 1.22 bits per heavy atom. The van der Waals surface area contributed by atoms with E-state index in [1.54, 1.807) is 7.11 Å². The molecule has 2 saturated heterocycles. The highest BCUT2D eigenvalue weighted by Gasteiger charge is 2.21. The Hall–Kier alpha value is -0.650. The van der Waals surface area contributed by atoms with E-state index in [0.717, 1.165) is 58.7 Å². The zero-order valence-corrected chi connectivity index (χ0v) is 11.4. The maximum atomic E-state index is 12.0. The number of hydrogen-bond acceptors (Lipinski definition) is 4. The van der Waals surface area contributed by atoms with Crippen LogP contribution in [0.25, 0.3) is 0 Å². The molecule has 0 unspecified atom stereocenters. The van der Waals surface area contributed by atoms with Gasteiger partial charge in [-0.3, -0.25) is 4.79 Å². The van der Waals surface area contributed by atoms with Crippen molar-refractivity contribution in [2.75, 3.05) is 52.9 Å². The topological polar surface area (TPSA) is 44.8 Å². The van der Waals surface area contributed by atoms with Crippen molar-refractivity contribution in [1.29, 1.82) is 0 Å². The molecule has 0 radical (unpaired) electrons. The van der Waals surface area contributed by atoms with Gasteiger partial charge in [0.15, 0.2) is 0 Å². The molecule has 0 saturated carbocycles. The molecule has 18 heavy (non-hydrogen) atoms. The summed E-state index contributed by atoms with van der Waals surface area (Å²) in [5.74, 6) is 0.311. The standard InChI is InChI=1S/C13H25N3O2/c1-18-12-2-7-15(8-3-12)9-4-13(17)16-10-5-14-6-11-16/h12,14H,2-11H2,1H3. The SMILES string of the molecule is COC1CCN(CCC(=O)N2CCNCC2)CC1. The zero-order chi connectivity index (χ0) is 12.8. The number of hydrogen-bond donors (Lipinski definition) is 1. The van der Waals surface area contributed by atoms with Crippen LogP contribution in [0.3, 0.4) is 0 Å². The molecule has 0 spiro atoms. The summed E-state index contributed by atoms with van der Waals surface area (Å²) in [6.07, 6.45) is 3.28. The molecule has 2 fully saturated rings. The van der Waals surface area contributed by atoms with Crippen LogP contribution in [0.2, 0.25) is 0 Å². The van der Waals surface area contributed by atoms with Gasteiger partial charge < -0.3 is 19.9 Å². The maximum absolute atomic E-state index is 12.0. The van der Waals surface area contributed by atoms with Crippen molar-refractivity contribution in [3.8, 4) is 0 Å². The van der Waals surface area contributed by atoms with E-state index in [4.69, 9.17) is 4.74 Å². The molecule has 2 aliphatic rings. The zero-order valence-electron chi connectivity index (χ0n) is 11.4. The number of rotatable bonds is 4. The minimum absolute atomic E-state index is 0.311. The molecule has 1 amide bonds. The molecule has 0 aromatic heterocycles. The van der Waals surface area contributed by atoms with Crippen LogP contribution < -0.4 is 5.32 Å². The number of nitrogens with one attached hydrogen (secondary N) is 1. The molecule has 2 rings (SSSR count). The van der Waals surface area contributed by atoms with E-state index in [9.17, 15) is 4.79 Å². The quantitative estimate of drug-likeness (QED) is 0.763. The fourth-order valence-electron chi connectivity index (χ4n) is 2.69. The normalized spacial score (nSPS) is 23.3. The second kappa shape index (κ2) is 7.07. The monoisotopic (exact) mass is 255 g/mol. The molecule has 2 heterocycles. The fourth-order valence-corrected chi connectivity index (χ4v) is 2.69. The first-order valence-corrected chi connectivity index (χ1v) is 7.03. The van der Waals surface area contributed by atoms with E-state index < -0.39 is 0 Å². The number of amides is 1. The summed E-state index contributed by atoms with van der Waals surface area (Å²) < 4.78 is 5.35. The predicted octanol–water partition coefficient (Wildman–Crippen LogP) is -0.0809. The summed E-state index contributed by atoms with van der Waals surface area (Å²) in [5, 5.41) is 3.27. The van der Waals surface area contributed by atoms with Crippen molar-refractivity contribution in [3.63, 3.8) is 0 Å². The molecular formula is C13H25N3O2. The number of ether oxygens (including phenoxy) is 1. The van der Waals surface area contributed by atoms with Crippen molar-refractivity contribution in [2.24, 2.45) is 0 Å². The molecule has 0 atom stereocenters. The van der Waals surface area contributed by atoms with Gasteiger partial charge in [0.1, 0.15) is 0 Å². The smallest absolute Gasteiger partial charge is 0.223 e. The minimum atomic E-state index is 0.311. The van der Waals surface area contributed by atoms with E-state index in [1.165, 1.54) is 0 Å². The fraction of sp³-hybridized carbons (Fsp3) is 0.923. The highest BCUT2D eigenvalue weighted by atomic mass is 16.5. The lowest BCUT2D eigenvalue weighted by Gasteiger charge is -2.32. The van der Waals surface area contributed by atoms with Gasteiger partial charge in [0.25, 0.3) is 0 Å². The van der Waals surface area contributed by atoms with Crippen LogP contribution in [0, 0.1) is 0 Å². The number of carbonyl (C=O) groups excluding carboxylic acids is 1. The summed E-state index contributed by atoms with van der Waals surface area (Å²) in [4.78, 5) is 16.4. The molecule has 1 N–H and O–H groups in total. The van der Waals surface area contributed by atoms with Gasteiger partial charge in [-0.15, -0.1) is 0 Å². The largest absolute Gasteiger partial charge is 0.381 e. The van der Waals surface area contributed by atoms with Gasteiger partial charge in [0.2, 0.25) is 5.91 Å². The highest BCUT2D eigenvalue weighted by molar-refractivity contribution is 5.76. The Bertz CT molecular complexity index is 259. The first-order valence-electron chi connectivity index (χ1n) is 7.03. The molecule has 104 valence electrons. The predicted molar refractivity (Wildman–Crippen MR) is 70.5 cm³/mol. The molecule has 0 aromatic carbocycles. The lowest BCUT2D eigenvalue weighted by molar-refractivity contribution is -0.132. The van der Waals surface area contributed by atoms with Gasteiger partial charge in [-0.25, -0.2) is 0 Å². The average Bonchev–Trinajstić information content (AvgIpc) is 2.46. The average molecular weight is 255 g/mol. The Morgan fingerprint density at radius 3 is 2.50 bits per heavy atom. The van der Waals surface area contributed by atoms with Crippen LogP contribution in [-0.4, -0.2) is 74.7 Å². The maximum Gasteiger partial charge on any atom is 0.223 e. The molecule has 0 bridgehead atoms. The van der Waals surface area contributed by atoms with E-state index in [1.807, 2.05) is 4.90 Å². The van der Waals surface area contributed by atoms with Crippen molar-refractivity contribution in [2.45, 2.75) is 25.4 Å². The molecule has 2 aliphatic heterocycles. The molecule has 0 aliphatic carbocycles. The summed E-state index contributed by atoms with van der Waals surface area (Å²) >= 11 is 0. The first kappa shape index (κ1) is 13.8. The lowest BCUT2D eigenvalue weighted by atomic mass is 10.1. The van der Waals surface area contributed by atoms with Crippen LogP contribution in [-0.2, 0) is 9.53 Å². The van der Waals surface area contributed by atoms with Gasteiger partial charge in [-0.05, 0) is 12.8 Å². The van der Waals surface area contributed by atoms with E-state index in [0.29, 0.717) is 18.4 Å². The van der Waals surface area contributed by atoms with Crippen LogP contribution >= 0.6 is 0 Å². The minimum Gasteiger partial charge on any atom is -0.381 e. The van der Waals surface area contributed by atoms with Gasteiger partial charge in [0, 0.05) is 59.3 Å². The Labute approximate surface area is 109 Å². The molecule has 0 aromatic rings. The third kappa shape index (κ3) is 3.93. The van der Waals surface area contributed by atoms with Gasteiger partial charge >= 0.3 is 0 Å². The molecule has 5 nitrogen and oxygen atoms in total. The number of methoxy groups -OCH3 is 1. The Kier molecular flexibility index (Phi) is 5.41. The van der Waals surface area contributed by atoms with Crippen LogP contribution in [0.15, 0.2) is 0 Å². The molecular weight excluding hydrogens is 230 g/mol. The number of likely N-dealkylation sites (tertiary alicyclic amines) is 1. The Balaban J connectivity index is 1.63. The van der Waals surface area contributed by atoms with Crippen LogP contribution in [0.4, 0.5) is 0 Å². The van der Waals surface area contributed by atoms with Gasteiger partial charge in [-0.1, -0.05) is 0 Å². The second-order valence-electron chi connectivity index (χ2n) is 5.16. The summed E-state index contributed by atoms with van der Waals surface area (Å²) in [7, 11) is 1.79. The number of carbonyl (C=O) groups is 1. The number of piperazine rings is 1. The first-order chi connectivity index (χ1) is 8.79. The Morgan fingerprint density at radius 2 is 1.89 bits per heavy atom. The highest BCUT2D eigenvalue weighted by Crippen LogP contribution is 2.13. The lowest BCUT2D eigenvalue weighted by Crippen LogP contribution is -2.47. The third-order valence-corrected chi connectivity index (χ3v) is 3.98. The van der Waals surface area contributed by atoms with E-state index in [2.05, 4.69) is 10.2 Å². The van der Waals surface area contributed by atoms with E-state index >= 15 is 0 Å². The molecule has 5 heteroatoms. The number of nitrogens with zero attached hydrogens (tertiary/aromatic N) is 2. The number of piperidine rings is 1. The summed E-state index contributed by atoms with van der Waals surface area (Å²) in [5.41, 5.74) is 0. The second-order valence-corrected chi connectivity index (χ2v) is 5.16. The van der Waals surface area contributed by atoms with Crippen molar-refractivity contribution in [3.05, 3.63) is 0 Å². The third-order valence-electron chi connectivity index (χ3n) is 3.98.